The second-order valence-electron chi connectivity index (χ2n) is 4.45. The highest BCUT2D eigenvalue weighted by Gasteiger charge is 2.10. The zero-order chi connectivity index (χ0) is 11.4. The summed E-state index contributed by atoms with van der Waals surface area (Å²) in [5, 5.41) is 3.24. The molecule has 0 N–H and O–H groups in total. The zero-order valence-electron chi connectivity index (χ0n) is 9.91. The van der Waals surface area contributed by atoms with E-state index in [1.807, 2.05) is 13.8 Å². The summed E-state index contributed by atoms with van der Waals surface area (Å²) in [5.74, 6) is 0.965. The summed E-state index contributed by atoms with van der Waals surface area (Å²) in [6.45, 7) is 8.18. The SMILES string of the molecule is CC(C)C(=O)CCc1csc(C(C)C)n1. The summed E-state index contributed by atoms with van der Waals surface area (Å²) in [5.41, 5.74) is 1.07. The van der Waals surface area contributed by atoms with Crippen molar-refractivity contribution < 1.29 is 4.79 Å². The van der Waals surface area contributed by atoms with Crippen molar-refractivity contribution in [1.82, 2.24) is 4.98 Å². The van der Waals surface area contributed by atoms with E-state index in [0.717, 1.165) is 12.1 Å². The second-order valence-corrected chi connectivity index (χ2v) is 5.34. The molecule has 3 heteroatoms. The zero-order valence-corrected chi connectivity index (χ0v) is 10.7. The van der Waals surface area contributed by atoms with Crippen LogP contribution in [0, 0.1) is 5.92 Å². The fourth-order valence-corrected chi connectivity index (χ4v) is 2.11. The summed E-state index contributed by atoms with van der Waals surface area (Å²) < 4.78 is 0. The van der Waals surface area contributed by atoms with Crippen molar-refractivity contribution in [3.8, 4) is 0 Å². The molecule has 0 aromatic carbocycles. The molecule has 1 rings (SSSR count). The van der Waals surface area contributed by atoms with Gasteiger partial charge in [-0.2, -0.15) is 0 Å². The first-order chi connectivity index (χ1) is 7.00. The Morgan fingerprint density at radius 3 is 2.53 bits per heavy atom. The van der Waals surface area contributed by atoms with E-state index in [1.165, 1.54) is 5.01 Å². The van der Waals surface area contributed by atoms with Gasteiger partial charge in [-0.3, -0.25) is 4.79 Å². The van der Waals surface area contributed by atoms with Crippen LogP contribution in [0.25, 0.3) is 0 Å². The molecular weight excluding hydrogens is 206 g/mol. The van der Waals surface area contributed by atoms with Gasteiger partial charge in [-0.25, -0.2) is 4.98 Å². The first-order valence-electron chi connectivity index (χ1n) is 5.47. The molecule has 84 valence electrons. The van der Waals surface area contributed by atoms with Gasteiger partial charge in [0.15, 0.2) is 0 Å². The maximum atomic E-state index is 11.4. The van der Waals surface area contributed by atoms with E-state index in [9.17, 15) is 4.79 Å². The lowest BCUT2D eigenvalue weighted by molar-refractivity contribution is -0.121. The molecule has 0 unspecified atom stereocenters. The van der Waals surface area contributed by atoms with E-state index in [-0.39, 0.29) is 5.92 Å². The fraction of sp³-hybridized carbons (Fsp3) is 0.667. The predicted octanol–water partition coefficient (Wildman–Crippen LogP) is 3.42. The molecule has 0 bridgehead atoms. The highest BCUT2D eigenvalue weighted by molar-refractivity contribution is 7.09. The van der Waals surface area contributed by atoms with E-state index in [1.54, 1.807) is 11.3 Å². The smallest absolute Gasteiger partial charge is 0.135 e. The van der Waals surface area contributed by atoms with Crippen molar-refractivity contribution in [3.05, 3.63) is 16.1 Å². The van der Waals surface area contributed by atoms with Gasteiger partial charge in [-0.05, 0) is 6.42 Å². The third-order valence-electron chi connectivity index (χ3n) is 2.33. The highest BCUT2D eigenvalue weighted by atomic mass is 32.1. The number of nitrogens with zero attached hydrogens (tertiary/aromatic N) is 1. The van der Waals surface area contributed by atoms with Gasteiger partial charge in [0, 0.05) is 23.6 Å². The Labute approximate surface area is 95.7 Å². The normalized spacial score (nSPS) is 11.3. The lowest BCUT2D eigenvalue weighted by Gasteiger charge is -2.01. The monoisotopic (exact) mass is 225 g/mol. The van der Waals surface area contributed by atoms with Crippen molar-refractivity contribution in [1.29, 1.82) is 0 Å². The molecular formula is C12H19NOS. The van der Waals surface area contributed by atoms with Gasteiger partial charge < -0.3 is 0 Å². The number of thiazole rings is 1. The van der Waals surface area contributed by atoms with E-state index in [4.69, 9.17) is 0 Å². The molecule has 2 nitrogen and oxygen atoms in total. The minimum Gasteiger partial charge on any atom is -0.299 e. The van der Waals surface area contributed by atoms with Gasteiger partial charge in [-0.15, -0.1) is 11.3 Å². The van der Waals surface area contributed by atoms with Gasteiger partial charge in [-0.1, -0.05) is 27.7 Å². The summed E-state index contributed by atoms with van der Waals surface area (Å²) in [6, 6.07) is 0. The Hall–Kier alpha value is -0.700. The number of rotatable bonds is 5. The first kappa shape index (κ1) is 12.4. The van der Waals surface area contributed by atoms with Gasteiger partial charge in [0.25, 0.3) is 0 Å². The Bertz CT molecular complexity index is 328. The van der Waals surface area contributed by atoms with Crippen LogP contribution in [-0.2, 0) is 11.2 Å². The van der Waals surface area contributed by atoms with Crippen molar-refractivity contribution >= 4 is 17.1 Å². The number of aromatic nitrogens is 1. The fourth-order valence-electron chi connectivity index (χ4n) is 1.24. The summed E-state index contributed by atoms with van der Waals surface area (Å²) >= 11 is 1.70. The third-order valence-corrected chi connectivity index (χ3v) is 3.53. The lowest BCUT2D eigenvalue weighted by atomic mass is 10.0. The van der Waals surface area contributed by atoms with Crippen LogP contribution in [0.1, 0.15) is 50.7 Å². The van der Waals surface area contributed by atoms with Crippen LogP contribution < -0.4 is 0 Å². The van der Waals surface area contributed by atoms with Crippen LogP contribution in [0.2, 0.25) is 0 Å². The van der Waals surface area contributed by atoms with Crippen LogP contribution in [0.15, 0.2) is 5.38 Å². The van der Waals surface area contributed by atoms with Crippen LogP contribution in [-0.4, -0.2) is 10.8 Å². The molecule has 1 aromatic heterocycles. The van der Waals surface area contributed by atoms with Crippen LogP contribution in [0.3, 0.4) is 0 Å². The van der Waals surface area contributed by atoms with E-state index in [0.29, 0.717) is 18.1 Å². The minimum absolute atomic E-state index is 0.146. The number of hydrogen-bond donors (Lipinski definition) is 0. The molecule has 0 radical (unpaired) electrons. The van der Waals surface area contributed by atoms with Crippen molar-refractivity contribution in [2.75, 3.05) is 0 Å². The van der Waals surface area contributed by atoms with Gasteiger partial charge in [0.2, 0.25) is 0 Å². The first-order valence-corrected chi connectivity index (χ1v) is 6.35. The van der Waals surface area contributed by atoms with E-state index in [2.05, 4.69) is 24.2 Å². The average molecular weight is 225 g/mol. The molecule has 0 aliphatic carbocycles. The molecule has 0 saturated carbocycles. The summed E-state index contributed by atoms with van der Waals surface area (Å²) in [7, 11) is 0. The lowest BCUT2D eigenvalue weighted by Crippen LogP contribution is -2.07. The Morgan fingerprint density at radius 1 is 1.40 bits per heavy atom. The summed E-state index contributed by atoms with van der Waals surface area (Å²) in [4.78, 5) is 15.9. The maximum absolute atomic E-state index is 11.4. The number of carbonyl (C=O) groups is 1. The number of ketones is 1. The molecule has 15 heavy (non-hydrogen) atoms. The highest BCUT2D eigenvalue weighted by Crippen LogP contribution is 2.20. The molecule has 1 aromatic rings. The average Bonchev–Trinajstić information content (AvgIpc) is 2.62. The standard InChI is InChI=1S/C12H19NOS/c1-8(2)11(14)6-5-10-7-15-12(13-10)9(3)4/h7-9H,5-6H2,1-4H3. The van der Waals surface area contributed by atoms with Crippen molar-refractivity contribution in [2.45, 2.75) is 46.5 Å². The molecule has 0 saturated heterocycles. The van der Waals surface area contributed by atoms with Crippen molar-refractivity contribution in [3.63, 3.8) is 0 Å². The molecule has 0 amide bonds. The largest absolute Gasteiger partial charge is 0.299 e. The minimum atomic E-state index is 0.146. The summed E-state index contributed by atoms with van der Waals surface area (Å²) in [6.07, 6.45) is 1.42. The van der Waals surface area contributed by atoms with E-state index >= 15 is 0 Å². The van der Waals surface area contributed by atoms with Crippen LogP contribution in [0.4, 0.5) is 0 Å². The Balaban J connectivity index is 2.48. The van der Waals surface area contributed by atoms with Crippen LogP contribution >= 0.6 is 11.3 Å². The van der Waals surface area contributed by atoms with Gasteiger partial charge in [0.1, 0.15) is 5.78 Å². The number of hydrogen-bond acceptors (Lipinski definition) is 3. The van der Waals surface area contributed by atoms with Gasteiger partial charge in [0.05, 0.1) is 10.7 Å². The number of Topliss-reactive ketones (excluding diaryl/α,β-unsaturated/α-hetero) is 1. The second kappa shape index (κ2) is 5.40. The third kappa shape index (κ3) is 3.74. The molecule has 0 atom stereocenters. The van der Waals surface area contributed by atoms with Gasteiger partial charge >= 0.3 is 0 Å². The molecule has 0 spiro atoms. The van der Waals surface area contributed by atoms with Crippen LogP contribution in [0.5, 0.6) is 0 Å². The topological polar surface area (TPSA) is 30.0 Å². The molecule has 1 heterocycles. The predicted molar refractivity (Wildman–Crippen MR) is 64.4 cm³/mol. The maximum Gasteiger partial charge on any atom is 0.135 e. The van der Waals surface area contributed by atoms with E-state index < -0.39 is 0 Å². The number of aryl methyl sites for hydroxylation is 1. The Kier molecular flexibility index (Phi) is 4.45. The quantitative estimate of drug-likeness (QED) is 0.768. The van der Waals surface area contributed by atoms with Crippen molar-refractivity contribution in [2.24, 2.45) is 5.92 Å². The number of carbonyl (C=O) groups excluding carboxylic acids is 1. The molecule has 0 fully saturated rings. The Morgan fingerprint density at radius 2 is 2.07 bits per heavy atom. The molecule has 0 aliphatic rings. The molecule has 0 aliphatic heterocycles.